The molecule has 0 aromatic heterocycles. The smallest absolute Gasteiger partial charge is 0.220 e. The molecule has 4 atom stereocenters. The maximum absolute atomic E-state index is 12.0. The van der Waals surface area contributed by atoms with Crippen LogP contribution in [0, 0.1) is 17.8 Å². The van der Waals surface area contributed by atoms with Crippen LogP contribution in [0.4, 0.5) is 0 Å². The minimum absolute atomic E-state index is 0.257. The van der Waals surface area contributed by atoms with E-state index in [9.17, 15) is 4.79 Å². The lowest BCUT2D eigenvalue weighted by Gasteiger charge is -2.34. The summed E-state index contributed by atoms with van der Waals surface area (Å²) in [6.07, 6.45) is 11.1. The number of hydrogen-bond donors (Lipinski definition) is 1. The van der Waals surface area contributed by atoms with Crippen molar-refractivity contribution >= 4 is 5.91 Å². The van der Waals surface area contributed by atoms with Gasteiger partial charge in [-0.15, -0.1) is 0 Å². The quantitative estimate of drug-likeness (QED) is 0.747. The number of rotatable bonds is 3. The van der Waals surface area contributed by atoms with Crippen molar-refractivity contribution in [3.8, 4) is 0 Å². The van der Waals surface area contributed by atoms with E-state index in [4.69, 9.17) is 0 Å². The fourth-order valence-corrected chi connectivity index (χ4v) is 3.15. The van der Waals surface area contributed by atoms with Crippen molar-refractivity contribution < 1.29 is 4.79 Å². The highest BCUT2D eigenvalue weighted by Crippen LogP contribution is 2.29. The van der Waals surface area contributed by atoms with Gasteiger partial charge in [-0.25, -0.2) is 0 Å². The molecule has 0 aromatic carbocycles. The molecule has 2 rings (SSSR count). The van der Waals surface area contributed by atoms with Gasteiger partial charge < -0.3 is 5.32 Å². The Kier molecular flexibility index (Phi) is 4.25. The lowest BCUT2D eigenvalue weighted by atomic mass is 9.78. The predicted octanol–water partition coefficient (Wildman–Crippen LogP) is 3.28. The first-order valence-electron chi connectivity index (χ1n) is 7.13. The van der Waals surface area contributed by atoms with Crippen molar-refractivity contribution in [2.45, 2.75) is 58.4 Å². The highest BCUT2D eigenvalue weighted by molar-refractivity contribution is 5.76. The van der Waals surface area contributed by atoms with Crippen LogP contribution < -0.4 is 5.32 Å². The molecular weight excluding hydrogens is 210 g/mol. The first-order valence-corrected chi connectivity index (χ1v) is 7.13. The number of amides is 1. The summed E-state index contributed by atoms with van der Waals surface area (Å²) in [4.78, 5) is 12.0. The number of carbonyl (C=O) groups excluding carboxylic acids is 1. The highest BCUT2D eigenvalue weighted by Gasteiger charge is 2.28. The minimum Gasteiger partial charge on any atom is -0.353 e. The normalized spacial score (nSPS) is 37.1. The second-order valence-electron chi connectivity index (χ2n) is 5.91. The fraction of sp³-hybridized carbons (Fsp3) is 0.800. The summed E-state index contributed by atoms with van der Waals surface area (Å²) in [5.74, 6) is 2.13. The molecule has 2 nitrogen and oxygen atoms in total. The van der Waals surface area contributed by atoms with Gasteiger partial charge in [0.1, 0.15) is 0 Å². The molecule has 0 saturated heterocycles. The molecule has 0 spiro atoms. The summed E-state index contributed by atoms with van der Waals surface area (Å²) in [6.45, 7) is 4.59. The Balaban J connectivity index is 1.79. The molecule has 1 amide bonds. The molecule has 4 unspecified atom stereocenters. The lowest BCUT2D eigenvalue weighted by molar-refractivity contribution is -0.123. The van der Waals surface area contributed by atoms with Crippen molar-refractivity contribution in [1.82, 2.24) is 5.32 Å². The molecule has 17 heavy (non-hydrogen) atoms. The van der Waals surface area contributed by atoms with Crippen LogP contribution in [0.3, 0.4) is 0 Å². The van der Waals surface area contributed by atoms with E-state index in [0.29, 0.717) is 24.3 Å². The van der Waals surface area contributed by atoms with Gasteiger partial charge in [0.2, 0.25) is 5.91 Å². The average Bonchev–Trinajstić information content (AvgIpc) is 2.77. The second kappa shape index (κ2) is 5.70. The Bertz CT molecular complexity index is 297. The van der Waals surface area contributed by atoms with Gasteiger partial charge in [-0.2, -0.15) is 0 Å². The van der Waals surface area contributed by atoms with E-state index in [0.717, 1.165) is 25.2 Å². The SMILES string of the molecule is CC1CCCC(NC(=O)CC2C=CCC2)C1C. The summed E-state index contributed by atoms with van der Waals surface area (Å²) in [7, 11) is 0. The largest absolute Gasteiger partial charge is 0.353 e. The first kappa shape index (κ1) is 12.7. The van der Waals surface area contributed by atoms with E-state index in [1.807, 2.05) is 0 Å². The van der Waals surface area contributed by atoms with Gasteiger partial charge in [-0.1, -0.05) is 38.8 Å². The van der Waals surface area contributed by atoms with Gasteiger partial charge in [0, 0.05) is 12.5 Å². The molecule has 0 aromatic rings. The number of allylic oxidation sites excluding steroid dienone is 2. The topological polar surface area (TPSA) is 29.1 Å². The molecule has 2 aliphatic rings. The maximum atomic E-state index is 12.0. The maximum Gasteiger partial charge on any atom is 0.220 e. The highest BCUT2D eigenvalue weighted by atomic mass is 16.1. The van der Waals surface area contributed by atoms with Gasteiger partial charge in [0.15, 0.2) is 0 Å². The van der Waals surface area contributed by atoms with E-state index >= 15 is 0 Å². The molecule has 96 valence electrons. The van der Waals surface area contributed by atoms with Crippen molar-refractivity contribution in [1.29, 1.82) is 0 Å². The number of carbonyl (C=O) groups is 1. The molecule has 1 N–H and O–H groups in total. The van der Waals surface area contributed by atoms with Gasteiger partial charge in [0.05, 0.1) is 0 Å². The van der Waals surface area contributed by atoms with Gasteiger partial charge in [-0.05, 0) is 37.0 Å². The molecule has 0 bridgehead atoms. The molecule has 0 heterocycles. The third-order valence-electron chi connectivity index (χ3n) is 4.61. The fourth-order valence-electron chi connectivity index (χ4n) is 3.15. The van der Waals surface area contributed by atoms with E-state index < -0.39 is 0 Å². The summed E-state index contributed by atoms with van der Waals surface area (Å²) in [5, 5.41) is 3.25. The van der Waals surface area contributed by atoms with Gasteiger partial charge in [-0.3, -0.25) is 4.79 Å². The van der Waals surface area contributed by atoms with Gasteiger partial charge in [0.25, 0.3) is 0 Å². The Morgan fingerprint density at radius 1 is 1.29 bits per heavy atom. The average molecular weight is 235 g/mol. The molecular formula is C15H25NO. The van der Waals surface area contributed by atoms with Crippen molar-refractivity contribution in [3.05, 3.63) is 12.2 Å². The predicted molar refractivity (Wildman–Crippen MR) is 70.6 cm³/mol. The number of nitrogens with one attached hydrogen (secondary N) is 1. The van der Waals surface area contributed by atoms with Gasteiger partial charge >= 0.3 is 0 Å². The Labute approximate surface area is 105 Å². The van der Waals surface area contributed by atoms with E-state index in [-0.39, 0.29) is 5.91 Å². The third-order valence-corrected chi connectivity index (χ3v) is 4.61. The van der Waals surface area contributed by atoms with E-state index in [1.165, 1.54) is 12.8 Å². The Morgan fingerprint density at radius 3 is 2.82 bits per heavy atom. The van der Waals surface area contributed by atoms with Crippen LogP contribution >= 0.6 is 0 Å². The molecule has 1 saturated carbocycles. The summed E-state index contributed by atoms with van der Waals surface area (Å²) in [6, 6.07) is 0.414. The zero-order valence-electron chi connectivity index (χ0n) is 11.1. The molecule has 2 heteroatoms. The third kappa shape index (κ3) is 3.34. The summed E-state index contributed by atoms with van der Waals surface area (Å²) >= 11 is 0. The molecule has 1 fully saturated rings. The van der Waals surface area contributed by atoms with E-state index in [1.54, 1.807) is 0 Å². The Hall–Kier alpha value is -0.790. The van der Waals surface area contributed by atoms with Crippen LogP contribution in [0.1, 0.15) is 52.4 Å². The zero-order chi connectivity index (χ0) is 12.3. The van der Waals surface area contributed by atoms with Crippen molar-refractivity contribution in [2.24, 2.45) is 17.8 Å². The van der Waals surface area contributed by atoms with Crippen LogP contribution in [0.5, 0.6) is 0 Å². The van der Waals surface area contributed by atoms with Crippen LogP contribution in [0.2, 0.25) is 0 Å². The van der Waals surface area contributed by atoms with Crippen LogP contribution in [-0.4, -0.2) is 11.9 Å². The van der Waals surface area contributed by atoms with Crippen molar-refractivity contribution in [3.63, 3.8) is 0 Å². The molecule has 2 aliphatic carbocycles. The second-order valence-corrected chi connectivity index (χ2v) is 5.91. The van der Waals surface area contributed by atoms with E-state index in [2.05, 4.69) is 31.3 Å². The lowest BCUT2D eigenvalue weighted by Crippen LogP contribution is -2.44. The minimum atomic E-state index is 0.257. The van der Waals surface area contributed by atoms with Crippen LogP contribution in [0.25, 0.3) is 0 Å². The summed E-state index contributed by atoms with van der Waals surface area (Å²) in [5.41, 5.74) is 0. The summed E-state index contributed by atoms with van der Waals surface area (Å²) < 4.78 is 0. The van der Waals surface area contributed by atoms with Crippen molar-refractivity contribution in [2.75, 3.05) is 0 Å². The molecule has 0 radical (unpaired) electrons. The molecule has 0 aliphatic heterocycles. The Morgan fingerprint density at radius 2 is 2.12 bits per heavy atom. The zero-order valence-corrected chi connectivity index (χ0v) is 11.1. The number of hydrogen-bond acceptors (Lipinski definition) is 1. The van der Waals surface area contributed by atoms with Crippen LogP contribution in [-0.2, 0) is 4.79 Å². The standard InChI is InChI=1S/C15H25NO/c1-11-6-5-9-14(12(11)2)16-15(17)10-13-7-3-4-8-13/h3,7,11-14H,4-6,8-10H2,1-2H3,(H,16,17). The first-order chi connectivity index (χ1) is 8.16. The monoisotopic (exact) mass is 235 g/mol. The van der Waals surface area contributed by atoms with Crippen LogP contribution in [0.15, 0.2) is 12.2 Å².